The van der Waals surface area contributed by atoms with E-state index in [-0.39, 0.29) is 19.6 Å². The van der Waals surface area contributed by atoms with Gasteiger partial charge < -0.3 is 10.2 Å². The second-order valence-electron chi connectivity index (χ2n) is 5.40. The molecule has 1 fully saturated rings. The molecule has 4 nitrogen and oxygen atoms in total. The molecule has 2 rings (SSSR count). The molecule has 8 heteroatoms. The smallest absolute Gasteiger partial charge is 0.352 e. The van der Waals surface area contributed by atoms with Crippen LogP contribution in [0.3, 0.4) is 0 Å². The Morgan fingerprint density at radius 2 is 1.96 bits per heavy atom. The molecule has 1 aromatic rings. The molecule has 1 atom stereocenters. The lowest BCUT2D eigenvalue weighted by Gasteiger charge is -2.32. The average molecular weight is 332 g/mol. The third-order valence-electron chi connectivity index (χ3n) is 3.73. The average Bonchev–Trinajstić information content (AvgIpc) is 2.52. The van der Waals surface area contributed by atoms with Crippen LogP contribution in [0.4, 0.5) is 17.6 Å². The Hall–Kier alpha value is -2.12. The first-order valence-corrected chi connectivity index (χ1v) is 7.16. The Labute approximate surface area is 130 Å². The van der Waals surface area contributed by atoms with E-state index >= 15 is 0 Å². The molecule has 23 heavy (non-hydrogen) atoms. The second-order valence-corrected chi connectivity index (χ2v) is 5.40. The first kappa shape index (κ1) is 17.2. The number of carbonyl (C=O) groups excluding carboxylic acids is 2. The molecular formula is C15H16F4N2O2. The molecule has 0 saturated carbocycles. The number of benzene rings is 1. The summed E-state index contributed by atoms with van der Waals surface area (Å²) in [4.78, 5) is 23.9. The van der Waals surface area contributed by atoms with Crippen molar-refractivity contribution >= 4 is 11.8 Å². The Morgan fingerprint density at radius 3 is 2.61 bits per heavy atom. The van der Waals surface area contributed by atoms with E-state index in [4.69, 9.17) is 0 Å². The number of carbonyl (C=O) groups is 2. The number of rotatable bonds is 3. The molecule has 2 amide bonds. The number of amides is 2. The van der Waals surface area contributed by atoms with E-state index < -0.39 is 29.7 Å². The van der Waals surface area contributed by atoms with Gasteiger partial charge in [0.2, 0.25) is 5.91 Å². The van der Waals surface area contributed by atoms with E-state index in [1.807, 2.05) is 0 Å². The summed E-state index contributed by atoms with van der Waals surface area (Å²) in [5.41, 5.74) is 0.292. The zero-order chi connectivity index (χ0) is 17.0. The van der Waals surface area contributed by atoms with Crippen molar-refractivity contribution in [1.82, 2.24) is 10.2 Å². The van der Waals surface area contributed by atoms with Crippen molar-refractivity contribution in [2.24, 2.45) is 5.92 Å². The first-order valence-electron chi connectivity index (χ1n) is 7.16. The van der Waals surface area contributed by atoms with Crippen LogP contribution in [0.1, 0.15) is 18.4 Å². The minimum atomic E-state index is -4.94. The summed E-state index contributed by atoms with van der Waals surface area (Å²) in [5.74, 6) is -3.59. The number of hydrogen-bond donors (Lipinski definition) is 1. The predicted molar refractivity (Wildman–Crippen MR) is 73.6 cm³/mol. The van der Waals surface area contributed by atoms with Gasteiger partial charge in [-0.3, -0.25) is 9.59 Å². The van der Waals surface area contributed by atoms with Crippen molar-refractivity contribution in [3.8, 4) is 0 Å². The lowest BCUT2D eigenvalue weighted by atomic mass is 9.97. The number of alkyl halides is 3. The van der Waals surface area contributed by atoms with Crippen molar-refractivity contribution in [3.05, 3.63) is 35.6 Å². The monoisotopic (exact) mass is 332 g/mol. The van der Waals surface area contributed by atoms with Gasteiger partial charge in [-0.05, 0) is 18.9 Å². The zero-order valence-corrected chi connectivity index (χ0v) is 12.2. The molecule has 0 bridgehead atoms. The van der Waals surface area contributed by atoms with Crippen molar-refractivity contribution < 1.29 is 27.2 Å². The van der Waals surface area contributed by atoms with Gasteiger partial charge in [-0.1, -0.05) is 18.2 Å². The fourth-order valence-electron chi connectivity index (χ4n) is 2.52. The molecule has 1 heterocycles. The van der Waals surface area contributed by atoms with Crippen molar-refractivity contribution in [3.63, 3.8) is 0 Å². The maximum Gasteiger partial charge on any atom is 0.471 e. The Kier molecular flexibility index (Phi) is 5.23. The van der Waals surface area contributed by atoms with Gasteiger partial charge in [0.05, 0.1) is 5.92 Å². The van der Waals surface area contributed by atoms with Crippen LogP contribution >= 0.6 is 0 Å². The second kappa shape index (κ2) is 6.97. The highest BCUT2D eigenvalue weighted by atomic mass is 19.4. The Morgan fingerprint density at radius 1 is 1.26 bits per heavy atom. The summed E-state index contributed by atoms with van der Waals surface area (Å²) in [7, 11) is 0. The molecule has 1 N–H and O–H groups in total. The highest BCUT2D eigenvalue weighted by Gasteiger charge is 2.44. The van der Waals surface area contributed by atoms with Crippen LogP contribution in [0.2, 0.25) is 0 Å². The number of hydrogen-bond acceptors (Lipinski definition) is 2. The van der Waals surface area contributed by atoms with Crippen LogP contribution in [-0.2, 0) is 16.1 Å². The van der Waals surface area contributed by atoms with Crippen molar-refractivity contribution in [2.75, 3.05) is 13.1 Å². The van der Waals surface area contributed by atoms with Gasteiger partial charge in [0, 0.05) is 25.2 Å². The molecule has 0 radical (unpaired) electrons. The molecule has 0 aliphatic carbocycles. The molecule has 1 aliphatic heterocycles. The number of nitrogens with zero attached hydrogens (tertiary/aromatic N) is 1. The number of nitrogens with one attached hydrogen (secondary N) is 1. The maximum atomic E-state index is 13.5. The van der Waals surface area contributed by atoms with Crippen LogP contribution in [-0.4, -0.2) is 36.0 Å². The highest BCUT2D eigenvalue weighted by molar-refractivity contribution is 5.84. The van der Waals surface area contributed by atoms with Gasteiger partial charge >= 0.3 is 12.1 Å². The molecule has 1 unspecified atom stereocenters. The van der Waals surface area contributed by atoms with Crippen molar-refractivity contribution in [2.45, 2.75) is 25.6 Å². The summed E-state index contributed by atoms with van der Waals surface area (Å²) in [6.07, 6.45) is -4.23. The fourth-order valence-corrected chi connectivity index (χ4v) is 2.52. The van der Waals surface area contributed by atoms with Crippen LogP contribution < -0.4 is 5.32 Å². The van der Waals surface area contributed by atoms with E-state index in [0.29, 0.717) is 23.3 Å². The summed E-state index contributed by atoms with van der Waals surface area (Å²) < 4.78 is 50.8. The maximum absolute atomic E-state index is 13.5. The summed E-state index contributed by atoms with van der Waals surface area (Å²) >= 11 is 0. The third-order valence-corrected chi connectivity index (χ3v) is 3.73. The van der Waals surface area contributed by atoms with Gasteiger partial charge in [-0.2, -0.15) is 13.2 Å². The minimum absolute atomic E-state index is 0.0184. The van der Waals surface area contributed by atoms with E-state index in [2.05, 4.69) is 5.32 Å². The van der Waals surface area contributed by atoms with E-state index in [0.717, 1.165) is 0 Å². The molecular weight excluding hydrogens is 316 g/mol. The fraction of sp³-hybridized carbons (Fsp3) is 0.467. The zero-order valence-electron chi connectivity index (χ0n) is 12.2. The normalized spacial score (nSPS) is 18.6. The lowest BCUT2D eigenvalue weighted by Crippen LogP contribution is -2.49. The predicted octanol–water partition coefficient (Wildman–Crippen LogP) is 2.24. The van der Waals surface area contributed by atoms with Crippen molar-refractivity contribution in [1.29, 1.82) is 0 Å². The van der Waals surface area contributed by atoms with Crippen LogP contribution in [0.25, 0.3) is 0 Å². The molecule has 0 spiro atoms. The Bertz CT molecular complexity index is 589. The van der Waals surface area contributed by atoms with Gasteiger partial charge in [0.1, 0.15) is 5.82 Å². The molecule has 126 valence electrons. The summed E-state index contributed by atoms with van der Waals surface area (Å²) in [6, 6.07) is 5.90. The molecule has 1 aliphatic rings. The minimum Gasteiger partial charge on any atom is -0.352 e. The van der Waals surface area contributed by atoms with Gasteiger partial charge in [-0.15, -0.1) is 0 Å². The van der Waals surface area contributed by atoms with Gasteiger partial charge in [-0.25, -0.2) is 4.39 Å². The summed E-state index contributed by atoms with van der Waals surface area (Å²) in [6.45, 7) is -0.341. The lowest BCUT2D eigenvalue weighted by molar-refractivity contribution is -0.187. The van der Waals surface area contributed by atoms with E-state index in [9.17, 15) is 27.2 Å². The van der Waals surface area contributed by atoms with Gasteiger partial charge in [0.15, 0.2) is 0 Å². The molecule has 1 saturated heterocycles. The van der Waals surface area contributed by atoms with E-state index in [1.54, 1.807) is 6.07 Å². The quantitative estimate of drug-likeness (QED) is 0.863. The third kappa shape index (κ3) is 4.43. The van der Waals surface area contributed by atoms with Gasteiger partial charge in [0.25, 0.3) is 0 Å². The summed E-state index contributed by atoms with van der Waals surface area (Å²) in [5, 5.41) is 2.51. The Balaban J connectivity index is 1.92. The highest BCUT2D eigenvalue weighted by Crippen LogP contribution is 2.24. The number of likely N-dealkylation sites (tertiary alicyclic amines) is 1. The SMILES string of the molecule is O=C(NCc1ccccc1F)C1CCCN(C(=O)C(F)(F)F)C1. The van der Waals surface area contributed by atoms with E-state index in [1.165, 1.54) is 18.2 Å². The standard InChI is InChI=1S/C15H16F4N2O2/c16-12-6-2-1-4-10(12)8-20-13(22)11-5-3-7-21(9-11)14(23)15(17,18)19/h1-2,4,6,11H,3,5,7-9H2,(H,20,22). The topological polar surface area (TPSA) is 49.4 Å². The van der Waals surface area contributed by atoms with Crippen LogP contribution in [0.15, 0.2) is 24.3 Å². The number of piperidine rings is 1. The number of halogens is 4. The molecule has 1 aromatic carbocycles. The van der Waals surface area contributed by atoms with Crippen LogP contribution in [0.5, 0.6) is 0 Å². The van der Waals surface area contributed by atoms with Crippen LogP contribution in [0, 0.1) is 11.7 Å². The largest absolute Gasteiger partial charge is 0.471 e. The first-order chi connectivity index (χ1) is 10.8. The molecule has 0 aromatic heterocycles.